The van der Waals surface area contributed by atoms with E-state index < -0.39 is 11.9 Å². The second-order valence-corrected chi connectivity index (χ2v) is 7.02. The lowest BCUT2D eigenvalue weighted by Crippen LogP contribution is -2.07. The van der Waals surface area contributed by atoms with E-state index in [9.17, 15) is 9.90 Å². The van der Waals surface area contributed by atoms with Crippen LogP contribution in [0.25, 0.3) is 21.7 Å². The Morgan fingerprint density at radius 2 is 1.61 bits per heavy atom. The van der Waals surface area contributed by atoms with Crippen LogP contribution in [0.3, 0.4) is 0 Å². The molecule has 0 amide bonds. The molecule has 1 aromatic heterocycles. The third-order valence-electron chi connectivity index (χ3n) is 5.06. The van der Waals surface area contributed by atoms with Crippen molar-refractivity contribution in [1.82, 2.24) is 4.98 Å². The van der Waals surface area contributed by atoms with Crippen molar-refractivity contribution in [3.63, 3.8) is 0 Å². The molecule has 0 radical (unpaired) electrons. The Labute approximate surface area is 163 Å². The summed E-state index contributed by atoms with van der Waals surface area (Å²) >= 11 is 0. The van der Waals surface area contributed by atoms with Gasteiger partial charge < -0.3 is 9.84 Å². The van der Waals surface area contributed by atoms with Crippen molar-refractivity contribution < 1.29 is 14.6 Å². The van der Waals surface area contributed by atoms with Crippen LogP contribution < -0.4 is 4.74 Å². The summed E-state index contributed by atoms with van der Waals surface area (Å²) < 4.78 is 6.12. The number of carboxylic acids is 1. The predicted octanol–water partition coefficient (Wildman–Crippen LogP) is 5.72. The molecule has 2 unspecified atom stereocenters. The lowest BCUT2D eigenvalue weighted by Gasteiger charge is -2.16. The van der Waals surface area contributed by atoms with Gasteiger partial charge in [0, 0.05) is 5.39 Å². The minimum Gasteiger partial charge on any atom is -0.484 e. The Kier molecular flexibility index (Phi) is 4.70. The SMILES string of the molecule is CC(Oc1ccc2cc(C(C)C(=O)O)ccc2c1)c1ccc2ccccc2n1. The van der Waals surface area contributed by atoms with Gasteiger partial charge in [-0.05, 0) is 54.4 Å². The highest BCUT2D eigenvalue weighted by molar-refractivity contribution is 5.86. The molecule has 140 valence electrons. The molecule has 1 N–H and O–H groups in total. The van der Waals surface area contributed by atoms with Crippen molar-refractivity contribution in [3.05, 3.63) is 84.1 Å². The number of hydrogen-bond acceptors (Lipinski definition) is 3. The Hall–Kier alpha value is -3.40. The van der Waals surface area contributed by atoms with Crippen LogP contribution in [0.15, 0.2) is 72.8 Å². The monoisotopic (exact) mass is 371 g/mol. The summed E-state index contributed by atoms with van der Waals surface area (Å²) in [5.74, 6) is -0.593. The largest absolute Gasteiger partial charge is 0.484 e. The number of hydrogen-bond donors (Lipinski definition) is 1. The molecule has 0 bridgehead atoms. The van der Waals surface area contributed by atoms with Crippen molar-refractivity contribution in [2.45, 2.75) is 25.9 Å². The number of nitrogens with zero attached hydrogens (tertiary/aromatic N) is 1. The van der Waals surface area contributed by atoms with Crippen LogP contribution in [0.1, 0.15) is 37.1 Å². The maximum Gasteiger partial charge on any atom is 0.310 e. The van der Waals surface area contributed by atoms with Gasteiger partial charge in [-0.3, -0.25) is 4.79 Å². The van der Waals surface area contributed by atoms with E-state index in [1.54, 1.807) is 6.92 Å². The molecule has 0 fully saturated rings. The summed E-state index contributed by atoms with van der Waals surface area (Å²) in [5, 5.41) is 12.3. The fourth-order valence-corrected chi connectivity index (χ4v) is 3.30. The summed E-state index contributed by atoms with van der Waals surface area (Å²) in [4.78, 5) is 15.9. The van der Waals surface area contributed by atoms with Crippen LogP contribution in [0, 0.1) is 0 Å². The van der Waals surface area contributed by atoms with E-state index in [0.29, 0.717) is 0 Å². The van der Waals surface area contributed by atoms with Gasteiger partial charge in [0.15, 0.2) is 0 Å². The fourth-order valence-electron chi connectivity index (χ4n) is 3.30. The third-order valence-corrected chi connectivity index (χ3v) is 5.06. The molecule has 2 atom stereocenters. The first-order valence-corrected chi connectivity index (χ1v) is 9.30. The standard InChI is InChI=1S/C24H21NO3/c1-15(24(26)27)18-7-8-20-14-21(11-9-19(20)13-18)28-16(2)22-12-10-17-5-3-4-6-23(17)25-22/h3-16H,1-2H3,(H,26,27). The Bertz CT molecular complexity index is 1170. The highest BCUT2D eigenvalue weighted by Crippen LogP contribution is 2.28. The molecular formula is C24H21NO3. The molecule has 4 nitrogen and oxygen atoms in total. The average Bonchev–Trinajstić information content (AvgIpc) is 2.72. The number of aromatic nitrogens is 1. The second kappa shape index (κ2) is 7.31. The average molecular weight is 371 g/mol. The third kappa shape index (κ3) is 3.54. The van der Waals surface area contributed by atoms with Gasteiger partial charge >= 0.3 is 5.97 Å². The zero-order valence-electron chi connectivity index (χ0n) is 15.8. The van der Waals surface area contributed by atoms with E-state index >= 15 is 0 Å². The molecule has 4 aromatic rings. The second-order valence-electron chi connectivity index (χ2n) is 7.02. The molecule has 0 saturated heterocycles. The minimum absolute atomic E-state index is 0.187. The number of carbonyl (C=O) groups is 1. The summed E-state index contributed by atoms with van der Waals surface area (Å²) in [6.45, 7) is 3.68. The number of fused-ring (bicyclic) bond motifs is 2. The quantitative estimate of drug-likeness (QED) is 0.488. The molecule has 4 heteroatoms. The molecule has 0 saturated carbocycles. The van der Waals surface area contributed by atoms with Gasteiger partial charge in [-0.25, -0.2) is 4.98 Å². The van der Waals surface area contributed by atoms with Crippen LogP contribution >= 0.6 is 0 Å². The first-order valence-electron chi connectivity index (χ1n) is 9.30. The summed E-state index contributed by atoms with van der Waals surface area (Å²) in [6, 6.07) is 23.6. The Morgan fingerprint density at radius 3 is 2.43 bits per heavy atom. The van der Waals surface area contributed by atoms with Crippen molar-refractivity contribution >= 4 is 27.6 Å². The number of para-hydroxylation sites is 1. The number of rotatable bonds is 5. The lowest BCUT2D eigenvalue weighted by molar-refractivity contribution is -0.138. The van der Waals surface area contributed by atoms with Gasteiger partial charge in [0.2, 0.25) is 0 Å². The van der Waals surface area contributed by atoms with Crippen LogP contribution in [0.5, 0.6) is 5.75 Å². The van der Waals surface area contributed by atoms with E-state index in [1.165, 1.54) is 0 Å². The smallest absolute Gasteiger partial charge is 0.310 e. The van der Waals surface area contributed by atoms with Crippen molar-refractivity contribution in [1.29, 1.82) is 0 Å². The van der Waals surface area contributed by atoms with Gasteiger partial charge in [-0.15, -0.1) is 0 Å². The maximum absolute atomic E-state index is 11.2. The zero-order chi connectivity index (χ0) is 19.7. The lowest BCUT2D eigenvalue weighted by atomic mass is 9.98. The van der Waals surface area contributed by atoms with Crippen molar-refractivity contribution in [2.75, 3.05) is 0 Å². The summed E-state index contributed by atoms with van der Waals surface area (Å²) in [5.41, 5.74) is 2.63. The molecule has 0 aliphatic heterocycles. The van der Waals surface area contributed by atoms with Gasteiger partial charge in [-0.2, -0.15) is 0 Å². The molecule has 0 aliphatic carbocycles. The van der Waals surface area contributed by atoms with Crippen LogP contribution in [0.2, 0.25) is 0 Å². The molecule has 3 aromatic carbocycles. The van der Waals surface area contributed by atoms with Gasteiger partial charge in [0.25, 0.3) is 0 Å². The van der Waals surface area contributed by atoms with Crippen LogP contribution in [0.4, 0.5) is 0 Å². The summed E-state index contributed by atoms with van der Waals surface area (Å²) in [6.07, 6.45) is -0.187. The molecule has 0 spiro atoms. The van der Waals surface area contributed by atoms with Gasteiger partial charge in [0.1, 0.15) is 11.9 Å². The van der Waals surface area contributed by atoms with Crippen LogP contribution in [-0.2, 0) is 4.79 Å². The molecule has 4 rings (SSSR count). The van der Waals surface area contributed by atoms with Gasteiger partial charge in [-0.1, -0.05) is 48.5 Å². The number of pyridine rings is 1. The topological polar surface area (TPSA) is 59.4 Å². The normalized spacial score (nSPS) is 13.4. The molecule has 28 heavy (non-hydrogen) atoms. The number of ether oxygens (including phenoxy) is 1. The van der Waals surface area contributed by atoms with Crippen molar-refractivity contribution in [2.24, 2.45) is 0 Å². The highest BCUT2D eigenvalue weighted by atomic mass is 16.5. The first kappa shape index (κ1) is 18.0. The van der Waals surface area contributed by atoms with E-state index in [2.05, 4.69) is 6.07 Å². The van der Waals surface area contributed by atoms with E-state index in [4.69, 9.17) is 9.72 Å². The van der Waals surface area contributed by atoms with E-state index in [-0.39, 0.29) is 6.10 Å². The summed E-state index contributed by atoms with van der Waals surface area (Å²) in [7, 11) is 0. The van der Waals surface area contributed by atoms with Crippen LogP contribution in [-0.4, -0.2) is 16.1 Å². The van der Waals surface area contributed by atoms with Gasteiger partial charge in [0.05, 0.1) is 17.1 Å². The zero-order valence-corrected chi connectivity index (χ0v) is 15.8. The number of benzene rings is 3. The molecule has 1 heterocycles. The van der Waals surface area contributed by atoms with Crippen molar-refractivity contribution in [3.8, 4) is 5.75 Å². The first-order chi connectivity index (χ1) is 13.5. The number of aliphatic carboxylic acids is 1. The molecular weight excluding hydrogens is 350 g/mol. The Morgan fingerprint density at radius 1 is 0.893 bits per heavy atom. The van der Waals surface area contributed by atoms with E-state index in [0.717, 1.165) is 38.7 Å². The molecule has 0 aliphatic rings. The predicted molar refractivity (Wildman–Crippen MR) is 111 cm³/mol. The Balaban J connectivity index is 1.58. The number of carboxylic acid groups (broad SMARTS) is 1. The minimum atomic E-state index is -0.823. The maximum atomic E-state index is 11.2. The highest BCUT2D eigenvalue weighted by Gasteiger charge is 2.14. The van der Waals surface area contributed by atoms with E-state index in [1.807, 2.05) is 73.7 Å². The fraction of sp³-hybridized carbons (Fsp3) is 0.167.